The van der Waals surface area contributed by atoms with Crippen LogP contribution in [0.1, 0.15) is 12.8 Å². The van der Waals surface area contributed by atoms with Crippen molar-refractivity contribution >= 4 is 22.7 Å². The maximum Gasteiger partial charge on any atom is 0.222 e. The van der Waals surface area contributed by atoms with Crippen molar-refractivity contribution in [1.29, 1.82) is 0 Å². The lowest BCUT2D eigenvalue weighted by molar-refractivity contribution is 0.780. The van der Waals surface area contributed by atoms with Gasteiger partial charge in [-0.05, 0) is 30.9 Å². The normalized spacial score (nSPS) is 15.1. The van der Waals surface area contributed by atoms with Gasteiger partial charge in [-0.2, -0.15) is 4.98 Å². The molecule has 1 fully saturated rings. The van der Waals surface area contributed by atoms with Crippen LogP contribution in [-0.4, -0.2) is 23.6 Å². The van der Waals surface area contributed by atoms with Gasteiger partial charge in [-0.15, -0.1) is 0 Å². The molecular weight excluding hydrogens is 212 g/mol. The number of hydrogen-bond donors (Lipinski definition) is 1. The molecule has 1 aromatic carbocycles. The van der Waals surface area contributed by atoms with Gasteiger partial charge in [0, 0.05) is 19.0 Å². The predicted molar refractivity (Wildman–Crippen MR) is 69.9 cm³/mol. The molecule has 0 spiro atoms. The minimum absolute atomic E-state index is 0.348. The van der Waals surface area contributed by atoms with Crippen LogP contribution in [0.2, 0.25) is 0 Å². The van der Waals surface area contributed by atoms with Gasteiger partial charge in [0.2, 0.25) is 5.95 Å². The number of nitrogens with zero attached hydrogens (tertiary/aromatic N) is 3. The summed E-state index contributed by atoms with van der Waals surface area (Å²) in [6.07, 6.45) is 2.67. The van der Waals surface area contributed by atoms with E-state index in [0.29, 0.717) is 5.95 Å². The Kier molecular flexibility index (Phi) is 2.35. The second-order valence-electron chi connectivity index (χ2n) is 4.75. The zero-order chi connectivity index (χ0) is 11.8. The van der Waals surface area contributed by atoms with Crippen molar-refractivity contribution in [2.75, 3.05) is 24.2 Å². The molecule has 1 aliphatic rings. The number of aromatic nitrogens is 2. The van der Waals surface area contributed by atoms with Gasteiger partial charge in [-0.3, -0.25) is 0 Å². The molecule has 4 nitrogen and oxygen atoms in total. The van der Waals surface area contributed by atoms with E-state index in [9.17, 15) is 0 Å². The topological polar surface area (TPSA) is 55.0 Å². The summed E-state index contributed by atoms with van der Waals surface area (Å²) in [4.78, 5) is 10.8. The molecule has 1 saturated carbocycles. The van der Waals surface area contributed by atoms with Crippen molar-refractivity contribution in [1.82, 2.24) is 9.97 Å². The van der Waals surface area contributed by atoms with Crippen molar-refractivity contribution in [2.24, 2.45) is 5.92 Å². The second kappa shape index (κ2) is 3.87. The highest BCUT2D eigenvalue weighted by molar-refractivity contribution is 5.90. The van der Waals surface area contributed by atoms with Crippen molar-refractivity contribution < 1.29 is 0 Å². The lowest BCUT2D eigenvalue weighted by Gasteiger charge is -2.19. The Morgan fingerprint density at radius 3 is 2.82 bits per heavy atom. The van der Waals surface area contributed by atoms with Crippen LogP contribution in [0.25, 0.3) is 10.9 Å². The van der Waals surface area contributed by atoms with Crippen LogP contribution in [0.4, 0.5) is 11.8 Å². The van der Waals surface area contributed by atoms with Crippen LogP contribution in [0.5, 0.6) is 0 Å². The molecule has 0 amide bonds. The maximum atomic E-state index is 5.76. The Hall–Kier alpha value is -1.84. The molecule has 0 radical (unpaired) electrons. The highest BCUT2D eigenvalue weighted by Crippen LogP contribution is 2.32. The van der Waals surface area contributed by atoms with E-state index in [1.165, 1.54) is 12.8 Å². The summed E-state index contributed by atoms with van der Waals surface area (Å²) in [6.45, 7) is 1.06. The Morgan fingerprint density at radius 2 is 2.06 bits per heavy atom. The molecule has 88 valence electrons. The standard InChI is InChI=1S/C13H16N4/c1-17(8-9-6-7-9)12-10-4-2-3-5-11(10)15-13(14)16-12/h2-5,9H,6-8H2,1H3,(H2,14,15,16). The third-order valence-corrected chi connectivity index (χ3v) is 3.19. The van der Waals surface area contributed by atoms with E-state index < -0.39 is 0 Å². The summed E-state index contributed by atoms with van der Waals surface area (Å²) in [6, 6.07) is 8.01. The maximum absolute atomic E-state index is 5.76. The average Bonchev–Trinajstić information content (AvgIpc) is 3.11. The summed E-state index contributed by atoms with van der Waals surface area (Å²) in [5.74, 6) is 2.12. The molecule has 1 aliphatic carbocycles. The van der Waals surface area contributed by atoms with Crippen LogP contribution in [0.3, 0.4) is 0 Å². The predicted octanol–water partition coefficient (Wildman–Crippen LogP) is 2.06. The van der Waals surface area contributed by atoms with E-state index in [1.807, 2.05) is 24.3 Å². The Labute approximate surface area is 100 Å². The molecule has 17 heavy (non-hydrogen) atoms. The van der Waals surface area contributed by atoms with E-state index in [0.717, 1.165) is 29.2 Å². The third-order valence-electron chi connectivity index (χ3n) is 3.19. The molecule has 0 bridgehead atoms. The largest absolute Gasteiger partial charge is 0.368 e. The van der Waals surface area contributed by atoms with E-state index in [4.69, 9.17) is 5.73 Å². The van der Waals surface area contributed by atoms with Gasteiger partial charge in [-0.1, -0.05) is 12.1 Å². The van der Waals surface area contributed by atoms with Crippen molar-refractivity contribution in [2.45, 2.75) is 12.8 Å². The summed E-state index contributed by atoms with van der Waals surface area (Å²) in [5, 5.41) is 1.07. The van der Waals surface area contributed by atoms with Crippen LogP contribution in [0.15, 0.2) is 24.3 Å². The molecule has 0 atom stereocenters. The fourth-order valence-electron chi connectivity index (χ4n) is 2.14. The number of nitrogen functional groups attached to an aromatic ring is 1. The van der Waals surface area contributed by atoms with Crippen molar-refractivity contribution in [3.63, 3.8) is 0 Å². The summed E-state index contributed by atoms with van der Waals surface area (Å²) < 4.78 is 0. The number of nitrogens with two attached hydrogens (primary N) is 1. The average molecular weight is 228 g/mol. The number of para-hydroxylation sites is 1. The number of fused-ring (bicyclic) bond motifs is 1. The number of benzene rings is 1. The fraction of sp³-hybridized carbons (Fsp3) is 0.385. The molecular formula is C13H16N4. The second-order valence-corrected chi connectivity index (χ2v) is 4.75. The molecule has 2 aromatic rings. The summed E-state index contributed by atoms with van der Waals surface area (Å²) in [5.41, 5.74) is 6.67. The molecule has 1 aromatic heterocycles. The first-order chi connectivity index (χ1) is 8.24. The van der Waals surface area contributed by atoms with Crippen LogP contribution < -0.4 is 10.6 Å². The zero-order valence-corrected chi connectivity index (χ0v) is 9.93. The quantitative estimate of drug-likeness (QED) is 0.873. The number of anilines is 2. The molecule has 4 heteroatoms. The highest BCUT2D eigenvalue weighted by atomic mass is 15.2. The molecule has 3 rings (SSSR count). The van der Waals surface area contributed by atoms with Crippen LogP contribution >= 0.6 is 0 Å². The van der Waals surface area contributed by atoms with Gasteiger partial charge in [0.25, 0.3) is 0 Å². The Bertz CT molecular complexity index is 548. The van der Waals surface area contributed by atoms with Gasteiger partial charge in [0.15, 0.2) is 0 Å². The number of rotatable bonds is 3. The molecule has 0 unspecified atom stereocenters. The molecule has 1 heterocycles. The van der Waals surface area contributed by atoms with Gasteiger partial charge in [0.05, 0.1) is 5.52 Å². The summed E-state index contributed by atoms with van der Waals surface area (Å²) >= 11 is 0. The van der Waals surface area contributed by atoms with E-state index in [1.54, 1.807) is 0 Å². The highest BCUT2D eigenvalue weighted by Gasteiger charge is 2.24. The Morgan fingerprint density at radius 1 is 1.29 bits per heavy atom. The summed E-state index contributed by atoms with van der Waals surface area (Å²) in [7, 11) is 2.08. The van der Waals surface area contributed by atoms with E-state index in [2.05, 4.69) is 21.9 Å². The molecule has 0 aliphatic heterocycles. The zero-order valence-electron chi connectivity index (χ0n) is 9.93. The van der Waals surface area contributed by atoms with Gasteiger partial charge < -0.3 is 10.6 Å². The first-order valence-corrected chi connectivity index (χ1v) is 5.97. The lowest BCUT2D eigenvalue weighted by atomic mass is 10.2. The minimum Gasteiger partial charge on any atom is -0.368 e. The lowest BCUT2D eigenvalue weighted by Crippen LogP contribution is -2.22. The number of hydrogen-bond acceptors (Lipinski definition) is 4. The van der Waals surface area contributed by atoms with Crippen molar-refractivity contribution in [3.8, 4) is 0 Å². The first-order valence-electron chi connectivity index (χ1n) is 5.97. The monoisotopic (exact) mass is 228 g/mol. The van der Waals surface area contributed by atoms with Crippen LogP contribution in [0, 0.1) is 5.92 Å². The van der Waals surface area contributed by atoms with Gasteiger partial charge in [0.1, 0.15) is 5.82 Å². The van der Waals surface area contributed by atoms with Gasteiger partial charge in [-0.25, -0.2) is 4.98 Å². The van der Waals surface area contributed by atoms with Gasteiger partial charge >= 0.3 is 0 Å². The first kappa shape index (κ1) is 10.3. The fourth-order valence-corrected chi connectivity index (χ4v) is 2.14. The molecule has 0 saturated heterocycles. The SMILES string of the molecule is CN(CC1CC1)c1nc(N)nc2ccccc12. The minimum atomic E-state index is 0.348. The van der Waals surface area contributed by atoms with Crippen LogP contribution in [-0.2, 0) is 0 Å². The van der Waals surface area contributed by atoms with E-state index >= 15 is 0 Å². The van der Waals surface area contributed by atoms with E-state index in [-0.39, 0.29) is 0 Å². The van der Waals surface area contributed by atoms with Crippen molar-refractivity contribution in [3.05, 3.63) is 24.3 Å². The smallest absolute Gasteiger partial charge is 0.222 e. The Balaban J connectivity index is 2.06. The molecule has 2 N–H and O–H groups in total. The third kappa shape index (κ3) is 2.02.